The highest BCUT2D eigenvalue weighted by atomic mass is 32.2. The molecule has 0 radical (unpaired) electrons. The van der Waals surface area contributed by atoms with Gasteiger partial charge in [0.2, 0.25) is 0 Å². The molecule has 2 atom stereocenters. The zero-order valence-electron chi connectivity index (χ0n) is 5.21. The van der Waals surface area contributed by atoms with Gasteiger partial charge in [-0.3, -0.25) is 0 Å². The van der Waals surface area contributed by atoms with Gasteiger partial charge >= 0.3 is 0 Å². The van der Waals surface area contributed by atoms with Crippen LogP contribution >= 0.6 is 11.8 Å². The molecule has 0 aromatic rings. The van der Waals surface area contributed by atoms with Crippen molar-refractivity contribution in [2.45, 2.75) is 11.5 Å². The Bertz CT molecular complexity index is 85.0. The number of nitrogens with two attached hydrogens (primary N) is 1. The molecule has 4 heteroatoms. The number of rotatable bonds is 2. The lowest BCUT2D eigenvalue weighted by atomic mass is 10.3. The summed E-state index contributed by atoms with van der Waals surface area (Å²) in [7, 11) is 0. The summed E-state index contributed by atoms with van der Waals surface area (Å²) in [6.07, 6.45) is -0.377. The predicted octanol–water partition coefficient (Wildman–Crippen LogP) is -1.03. The van der Waals surface area contributed by atoms with Crippen LogP contribution in [0.15, 0.2) is 0 Å². The summed E-state index contributed by atoms with van der Waals surface area (Å²) in [6.45, 7) is 1.34. The van der Waals surface area contributed by atoms with Crippen LogP contribution in [0.1, 0.15) is 0 Å². The molecule has 1 saturated heterocycles. The Kier molecular flexibility index (Phi) is 2.78. The van der Waals surface area contributed by atoms with Crippen LogP contribution in [-0.4, -0.2) is 35.4 Å². The van der Waals surface area contributed by atoms with E-state index < -0.39 is 0 Å². The quantitative estimate of drug-likeness (QED) is 0.468. The third-order valence-electron chi connectivity index (χ3n) is 1.34. The van der Waals surface area contributed by atoms with Crippen molar-refractivity contribution in [3.63, 3.8) is 0 Å². The van der Waals surface area contributed by atoms with Gasteiger partial charge in [0.25, 0.3) is 0 Å². The highest BCUT2D eigenvalue weighted by Gasteiger charge is 2.21. The topological polar surface area (TPSA) is 58.3 Å². The average Bonchev–Trinajstić information content (AvgIpc) is 2.37. The molecular weight excluding hydrogens is 136 g/mol. The molecular formula is C5H12N2OS. The number of nitrogens with one attached hydrogen (secondary N) is 1. The largest absolute Gasteiger partial charge is 0.389 e. The first-order valence-corrected chi connectivity index (χ1v) is 4.12. The van der Waals surface area contributed by atoms with Gasteiger partial charge in [0, 0.05) is 18.8 Å². The van der Waals surface area contributed by atoms with E-state index in [0.717, 1.165) is 12.3 Å². The lowest BCUT2D eigenvalue weighted by molar-refractivity contribution is 0.171. The van der Waals surface area contributed by atoms with Gasteiger partial charge in [-0.05, 0) is 0 Å². The maximum atomic E-state index is 9.15. The van der Waals surface area contributed by atoms with Crippen LogP contribution < -0.4 is 11.1 Å². The Balaban J connectivity index is 2.24. The SMILES string of the molecule is NCC(O)C1NCCS1. The fourth-order valence-corrected chi connectivity index (χ4v) is 1.88. The Labute approximate surface area is 59.0 Å². The van der Waals surface area contributed by atoms with Gasteiger partial charge in [-0.2, -0.15) is 0 Å². The molecule has 0 spiro atoms. The third-order valence-corrected chi connectivity index (χ3v) is 2.62. The van der Waals surface area contributed by atoms with Crippen LogP contribution in [0.4, 0.5) is 0 Å². The summed E-state index contributed by atoms with van der Waals surface area (Å²) in [5, 5.41) is 12.5. The lowest BCUT2D eigenvalue weighted by Gasteiger charge is -2.14. The summed E-state index contributed by atoms with van der Waals surface area (Å²) in [6, 6.07) is 0. The van der Waals surface area contributed by atoms with E-state index in [-0.39, 0.29) is 11.5 Å². The van der Waals surface area contributed by atoms with Crippen molar-refractivity contribution in [3.05, 3.63) is 0 Å². The maximum Gasteiger partial charge on any atom is 0.0908 e. The molecule has 0 amide bonds. The second-order valence-electron chi connectivity index (χ2n) is 2.05. The second kappa shape index (κ2) is 3.41. The van der Waals surface area contributed by atoms with Crippen molar-refractivity contribution in [2.75, 3.05) is 18.8 Å². The molecule has 1 rings (SSSR count). The Morgan fingerprint density at radius 2 is 2.67 bits per heavy atom. The number of aliphatic hydroxyl groups excluding tert-OH is 1. The molecule has 54 valence electrons. The average molecular weight is 148 g/mol. The molecule has 1 aliphatic heterocycles. The molecule has 1 heterocycles. The van der Waals surface area contributed by atoms with Gasteiger partial charge in [0.1, 0.15) is 0 Å². The number of thioether (sulfide) groups is 1. The molecule has 1 fully saturated rings. The summed E-state index contributed by atoms with van der Waals surface area (Å²) in [4.78, 5) is 0. The molecule has 0 saturated carbocycles. The second-order valence-corrected chi connectivity index (χ2v) is 3.30. The van der Waals surface area contributed by atoms with Crippen molar-refractivity contribution in [3.8, 4) is 0 Å². The van der Waals surface area contributed by atoms with E-state index in [0.29, 0.717) is 6.54 Å². The fourth-order valence-electron chi connectivity index (χ4n) is 0.817. The minimum atomic E-state index is -0.377. The van der Waals surface area contributed by atoms with Crippen molar-refractivity contribution >= 4 is 11.8 Å². The lowest BCUT2D eigenvalue weighted by Crippen LogP contribution is -2.37. The molecule has 0 aromatic carbocycles. The van der Waals surface area contributed by atoms with Gasteiger partial charge in [-0.15, -0.1) is 11.8 Å². The number of hydrogen-bond donors (Lipinski definition) is 3. The van der Waals surface area contributed by atoms with Crippen LogP contribution in [0, 0.1) is 0 Å². The first-order valence-electron chi connectivity index (χ1n) is 3.07. The summed E-state index contributed by atoms with van der Waals surface area (Å²) in [5.41, 5.74) is 5.25. The Morgan fingerprint density at radius 1 is 1.89 bits per heavy atom. The molecule has 0 aromatic heterocycles. The van der Waals surface area contributed by atoms with E-state index in [2.05, 4.69) is 5.32 Å². The summed E-state index contributed by atoms with van der Waals surface area (Å²) < 4.78 is 0. The Hall–Kier alpha value is 0.230. The van der Waals surface area contributed by atoms with Crippen molar-refractivity contribution in [1.29, 1.82) is 0 Å². The maximum absolute atomic E-state index is 9.15. The van der Waals surface area contributed by atoms with Crippen LogP contribution in [0.25, 0.3) is 0 Å². The van der Waals surface area contributed by atoms with E-state index in [1.807, 2.05) is 0 Å². The molecule has 9 heavy (non-hydrogen) atoms. The molecule has 0 aliphatic carbocycles. The van der Waals surface area contributed by atoms with E-state index in [9.17, 15) is 0 Å². The van der Waals surface area contributed by atoms with Crippen LogP contribution in [-0.2, 0) is 0 Å². The molecule has 2 unspecified atom stereocenters. The van der Waals surface area contributed by atoms with E-state index >= 15 is 0 Å². The zero-order valence-corrected chi connectivity index (χ0v) is 6.03. The minimum absolute atomic E-state index is 0.176. The van der Waals surface area contributed by atoms with Gasteiger partial charge in [0.15, 0.2) is 0 Å². The molecule has 0 bridgehead atoms. The van der Waals surface area contributed by atoms with Crippen LogP contribution in [0.3, 0.4) is 0 Å². The first kappa shape index (κ1) is 7.34. The normalized spacial score (nSPS) is 30.7. The van der Waals surface area contributed by atoms with E-state index in [1.165, 1.54) is 0 Å². The molecule has 4 N–H and O–H groups in total. The fraction of sp³-hybridized carbons (Fsp3) is 1.00. The molecule has 3 nitrogen and oxygen atoms in total. The highest BCUT2D eigenvalue weighted by Crippen LogP contribution is 2.15. The zero-order chi connectivity index (χ0) is 6.69. The van der Waals surface area contributed by atoms with Crippen LogP contribution in [0.5, 0.6) is 0 Å². The van der Waals surface area contributed by atoms with Gasteiger partial charge in [0.05, 0.1) is 11.5 Å². The van der Waals surface area contributed by atoms with E-state index in [1.54, 1.807) is 11.8 Å². The van der Waals surface area contributed by atoms with Gasteiger partial charge in [-0.1, -0.05) is 0 Å². The Morgan fingerprint density at radius 3 is 3.11 bits per heavy atom. The predicted molar refractivity (Wildman–Crippen MR) is 39.3 cm³/mol. The monoisotopic (exact) mass is 148 g/mol. The third kappa shape index (κ3) is 1.82. The van der Waals surface area contributed by atoms with Crippen molar-refractivity contribution in [1.82, 2.24) is 5.32 Å². The molecule has 1 aliphatic rings. The number of hydrogen-bond acceptors (Lipinski definition) is 4. The van der Waals surface area contributed by atoms with E-state index in [4.69, 9.17) is 10.8 Å². The standard InChI is InChI=1S/C5H12N2OS/c6-3-4(8)5-7-1-2-9-5/h4-5,7-8H,1-3,6H2. The van der Waals surface area contributed by atoms with Gasteiger partial charge in [-0.25, -0.2) is 0 Å². The first-order chi connectivity index (χ1) is 4.34. The summed E-state index contributed by atoms with van der Waals surface area (Å²) >= 11 is 1.73. The van der Waals surface area contributed by atoms with Crippen molar-refractivity contribution in [2.24, 2.45) is 5.73 Å². The number of aliphatic hydroxyl groups is 1. The summed E-state index contributed by atoms with van der Waals surface area (Å²) in [5.74, 6) is 1.09. The highest BCUT2D eigenvalue weighted by molar-refractivity contribution is 8.00. The van der Waals surface area contributed by atoms with Crippen molar-refractivity contribution < 1.29 is 5.11 Å². The van der Waals surface area contributed by atoms with Crippen LogP contribution in [0.2, 0.25) is 0 Å². The minimum Gasteiger partial charge on any atom is -0.389 e. The van der Waals surface area contributed by atoms with Gasteiger partial charge < -0.3 is 16.2 Å². The smallest absolute Gasteiger partial charge is 0.0908 e.